The van der Waals surface area contributed by atoms with E-state index in [9.17, 15) is 29.4 Å². The van der Waals surface area contributed by atoms with Crippen LogP contribution in [0.25, 0.3) is 0 Å². The summed E-state index contributed by atoms with van der Waals surface area (Å²) in [6, 6.07) is 2.19. The van der Waals surface area contributed by atoms with Gasteiger partial charge in [-0.3, -0.25) is 14.4 Å². The fourth-order valence-corrected chi connectivity index (χ4v) is 3.89. The highest BCUT2D eigenvalue weighted by Crippen LogP contribution is 2.12. The van der Waals surface area contributed by atoms with Gasteiger partial charge in [0.05, 0.1) is 6.04 Å². The van der Waals surface area contributed by atoms with E-state index in [-0.39, 0.29) is 30.3 Å². The van der Waals surface area contributed by atoms with Crippen molar-refractivity contribution in [1.82, 2.24) is 16.0 Å². The van der Waals surface area contributed by atoms with E-state index in [1.54, 1.807) is 19.1 Å². The van der Waals surface area contributed by atoms with Gasteiger partial charge in [0.15, 0.2) is 0 Å². The summed E-state index contributed by atoms with van der Waals surface area (Å²) in [4.78, 5) is 49.9. The Kier molecular flexibility index (Phi) is 13.6. The van der Waals surface area contributed by atoms with Gasteiger partial charge in [0, 0.05) is 5.75 Å². The van der Waals surface area contributed by atoms with E-state index in [1.807, 2.05) is 13.2 Å². The van der Waals surface area contributed by atoms with Crippen LogP contribution in [-0.2, 0) is 25.6 Å². The summed E-state index contributed by atoms with van der Waals surface area (Å²) in [5.74, 6) is -2.63. The number of aromatic hydroxyl groups is 1. The molecule has 0 radical (unpaired) electrons. The maximum Gasteiger partial charge on any atom is 0.326 e. The normalized spacial score (nSPS) is 15.2. The molecule has 12 heteroatoms. The number of rotatable bonds is 15. The Morgan fingerprint density at radius 2 is 1.63 bits per heavy atom. The van der Waals surface area contributed by atoms with Gasteiger partial charge in [0.25, 0.3) is 0 Å². The monoisotopic (exact) mass is 528 g/mol. The van der Waals surface area contributed by atoms with Crippen molar-refractivity contribution in [3.05, 3.63) is 29.8 Å². The van der Waals surface area contributed by atoms with Crippen molar-refractivity contribution in [2.45, 2.75) is 57.3 Å². The number of carboxylic acids is 1. The Hall–Kier alpha value is -2.44. The second-order valence-corrected chi connectivity index (χ2v) is 9.62. The Morgan fingerprint density at radius 3 is 2.14 bits per heavy atom. The number of nitrogens with one attached hydrogen (secondary N) is 3. The highest BCUT2D eigenvalue weighted by atomic mass is 32.2. The predicted octanol–water partition coefficient (Wildman–Crippen LogP) is 0.530. The van der Waals surface area contributed by atoms with E-state index in [0.717, 1.165) is 5.56 Å². The zero-order valence-corrected chi connectivity index (χ0v) is 21.9. The smallest absolute Gasteiger partial charge is 0.326 e. The lowest BCUT2D eigenvalue weighted by Gasteiger charge is -2.27. The van der Waals surface area contributed by atoms with Crippen LogP contribution in [0, 0.1) is 5.92 Å². The molecule has 0 spiro atoms. The lowest BCUT2D eigenvalue weighted by molar-refractivity contribution is -0.142. The van der Waals surface area contributed by atoms with Crippen molar-refractivity contribution in [3.8, 4) is 5.75 Å². The second-order valence-electron chi connectivity index (χ2n) is 8.27. The van der Waals surface area contributed by atoms with Gasteiger partial charge in [-0.2, -0.15) is 24.4 Å². The minimum atomic E-state index is -1.15. The number of carboxylic acid groups (broad SMARTS) is 1. The summed E-state index contributed by atoms with van der Waals surface area (Å²) in [6.07, 6.45) is 2.83. The van der Waals surface area contributed by atoms with E-state index in [1.165, 1.54) is 23.9 Å². The van der Waals surface area contributed by atoms with E-state index in [2.05, 4.69) is 28.6 Å². The highest BCUT2D eigenvalue weighted by molar-refractivity contribution is 7.98. The minimum absolute atomic E-state index is 0.0379. The molecule has 0 aliphatic heterocycles. The largest absolute Gasteiger partial charge is 0.508 e. The number of benzene rings is 1. The number of nitrogens with two attached hydrogens (primary N) is 1. The molecule has 35 heavy (non-hydrogen) atoms. The van der Waals surface area contributed by atoms with Gasteiger partial charge in [-0.05, 0) is 48.5 Å². The van der Waals surface area contributed by atoms with Gasteiger partial charge in [0.2, 0.25) is 17.7 Å². The molecular weight excluding hydrogens is 492 g/mol. The van der Waals surface area contributed by atoms with Crippen molar-refractivity contribution in [2.75, 3.05) is 17.8 Å². The number of phenols is 1. The molecule has 0 aromatic heterocycles. The third kappa shape index (κ3) is 10.4. The number of carbonyl (C=O) groups excluding carboxylic acids is 3. The van der Waals surface area contributed by atoms with Crippen molar-refractivity contribution >= 4 is 48.1 Å². The SMILES string of the molecule is CCC(C)C(NC(=O)C(CS)NC(=O)C(N)Cc1ccc(O)cc1)C(=O)NC(CCSC)C(=O)O. The first-order valence-corrected chi connectivity index (χ1v) is 13.3. The van der Waals surface area contributed by atoms with E-state index in [0.29, 0.717) is 12.2 Å². The van der Waals surface area contributed by atoms with Crippen LogP contribution in [-0.4, -0.2) is 75.8 Å². The Balaban J connectivity index is 2.84. The molecule has 1 aromatic rings. The number of carbonyl (C=O) groups is 4. The number of thiol groups is 1. The molecule has 1 rings (SSSR count). The maximum absolute atomic E-state index is 12.9. The molecule has 0 fully saturated rings. The molecule has 7 N–H and O–H groups in total. The van der Waals surface area contributed by atoms with Crippen LogP contribution in [0.5, 0.6) is 5.75 Å². The van der Waals surface area contributed by atoms with Crippen LogP contribution in [0.4, 0.5) is 0 Å². The van der Waals surface area contributed by atoms with Crippen molar-refractivity contribution in [2.24, 2.45) is 11.7 Å². The Labute approximate surface area is 215 Å². The molecule has 0 bridgehead atoms. The number of hydrogen-bond donors (Lipinski definition) is 7. The maximum atomic E-state index is 12.9. The third-order valence-electron chi connectivity index (χ3n) is 5.56. The molecule has 0 saturated heterocycles. The van der Waals surface area contributed by atoms with Gasteiger partial charge in [-0.15, -0.1) is 0 Å². The molecule has 5 unspecified atom stereocenters. The lowest BCUT2D eigenvalue weighted by atomic mass is 9.97. The molecule has 0 heterocycles. The zero-order chi connectivity index (χ0) is 26.5. The van der Waals surface area contributed by atoms with Crippen LogP contribution >= 0.6 is 24.4 Å². The first-order chi connectivity index (χ1) is 16.5. The molecular formula is C23H36N4O6S2. The highest BCUT2D eigenvalue weighted by Gasteiger charge is 2.32. The summed E-state index contributed by atoms with van der Waals surface area (Å²) in [6.45, 7) is 3.61. The van der Waals surface area contributed by atoms with Crippen LogP contribution in [0.3, 0.4) is 0 Å². The van der Waals surface area contributed by atoms with Gasteiger partial charge < -0.3 is 31.9 Å². The van der Waals surface area contributed by atoms with E-state index < -0.39 is 47.9 Å². The van der Waals surface area contributed by atoms with Gasteiger partial charge in [-0.25, -0.2) is 4.79 Å². The molecule has 0 saturated carbocycles. The summed E-state index contributed by atoms with van der Waals surface area (Å²) in [5.41, 5.74) is 6.72. The predicted molar refractivity (Wildman–Crippen MR) is 140 cm³/mol. The minimum Gasteiger partial charge on any atom is -0.508 e. The van der Waals surface area contributed by atoms with Gasteiger partial charge in [-0.1, -0.05) is 32.4 Å². The number of thioether (sulfide) groups is 1. The van der Waals surface area contributed by atoms with E-state index in [4.69, 9.17) is 5.73 Å². The molecule has 1 aromatic carbocycles. The lowest BCUT2D eigenvalue weighted by Crippen LogP contribution is -2.59. The molecule has 5 atom stereocenters. The number of phenolic OH excluding ortho intramolecular Hbond substituents is 1. The average Bonchev–Trinajstić information content (AvgIpc) is 2.83. The Bertz CT molecular complexity index is 855. The summed E-state index contributed by atoms with van der Waals surface area (Å²) in [7, 11) is 0. The number of aliphatic carboxylic acids is 1. The van der Waals surface area contributed by atoms with Gasteiger partial charge in [0.1, 0.15) is 23.9 Å². The summed E-state index contributed by atoms with van der Waals surface area (Å²) >= 11 is 5.62. The fraction of sp³-hybridized carbons (Fsp3) is 0.565. The van der Waals surface area contributed by atoms with Gasteiger partial charge >= 0.3 is 5.97 Å². The zero-order valence-electron chi connectivity index (χ0n) is 20.2. The topological polar surface area (TPSA) is 171 Å². The molecule has 0 aliphatic carbocycles. The quantitative estimate of drug-likeness (QED) is 0.162. The molecule has 10 nitrogen and oxygen atoms in total. The summed E-state index contributed by atoms with van der Waals surface area (Å²) in [5, 5.41) is 26.5. The van der Waals surface area contributed by atoms with Crippen LogP contribution in [0.1, 0.15) is 32.3 Å². The van der Waals surface area contributed by atoms with Crippen molar-refractivity contribution < 1.29 is 29.4 Å². The molecule has 3 amide bonds. The third-order valence-corrected chi connectivity index (χ3v) is 6.57. The molecule has 0 aliphatic rings. The second kappa shape index (κ2) is 15.5. The number of hydrogen-bond acceptors (Lipinski definition) is 8. The standard InChI is InChI=1S/C23H36N4O6S2/c1-4-13(2)19(22(31)25-17(23(32)33)9-10-35-3)27-21(30)18(12-34)26-20(29)16(24)11-14-5-7-15(28)8-6-14/h5-8,13,16-19,28,34H,4,9-12,24H2,1-3H3,(H,25,31)(H,26,29)(H,27,30)(H,32,33). The first-order valence-electron chi connectivity index (χ1n) is 11.3. The van der Waals surface area contributed by atoms with E-state index >= 15 is 0 Å². The van der Waals surface area contributed by atoms with Crippen LogP contribution in [0.2, 0.25) is 0 Å². The van der Waals surface area contributed by atoms with Crippen molar-refractivity contribution in [3.63, 3.8) is 0 Å². The number of amides is 3. The van der Waals surface area contributed by atoms with Crippen molar-refractivity contribution in [1.29, 1.82) is 0 Å². The molecule has 196 valence electrons. The van der Waals surface area contributed by atoms with Crippen LogP contribution < -0.4 is 21.7 Å². The average molecular weight is 529 g/mol. The summed E-state index contributed by atoms with van der Waals surface area (Å²) < 4.78 is 0. The fourth-order valence-electron chi connectivity index (χ4n) is 3.16. The first kappa shape index (κ1) is 30.6. The Morgan fingerprint density at radius 1 is 1.03 bits per heavy atom. The van der Waals surface area contributed by atoms with Crippen LogP contribution in [0.15, 0.2) is 24.3 Å².